The Morgan fingerprint density at radius 3 is 2.85 bits per heavy atom. The number of rotatable bonds is 2. The first-order valence-electron chi connectivity index (χ1n) is 6.34. The van der Waals surface area contributed by atoms with Crippen molar-refractivity contribution < 1.29 is 4.42 Å². The number of nitriles is 1. The van der Waals surface area contributed by atoms with E-state index in [4.69, 9.17) is 4.42 Å². The quantitative estimate of drug-likeness (QED) is 0.903. The minimum Gasteiger partial charge on any atom is -0.468 e. The number of hydrogen-bond acceptors (Lipinski definition) is 4. The van der Waals surface area contributed by atoms with Gasteiger partial charge in [-0.3, -0.25) is 4.98 Å². The van der Waals surface area contributed by atoms with Crippen molar-refractivity contribution in [2.24, 2.45) is 0 Å². The average Bonchev–Trinajstić information content (AvgIpc) is 3.01. The fourth-order valence-electron chi connectivity index (χ4n) is 2.31. The molecular weight excluding hydrogens is 250 g/mol. The van der Waals surface area contributed by atoms with Crippen LogP contribution in [0.25, 0.3) is 5.70 Å². The highest BCUT2D eigenvalue weighted by atomic mass is 16.3. The van der Waals surface area contributed by atoms with Crippen molar-refractivity contribution in [2.75, 3.05) is 0 Å². The van der Waals surface area contributed by atoms with Crippen LogP contribution in [0, 0.1) is 11.3 Å². The van der Waals surface area contributed by atoms with Crippen molar-refractivity contribution in [3.05, 3.63) is 71.6 Å². The molecule has 1 unspecified atom stereocenters. The Balaban J connectivity index is 2.06. The van der Waals surface area contributed by atoms with Gasteiger partial charge in [0.1, 0.15) is 5.76 Å². The highest BCUT2D eigenvalue weighted by Crippen LogP contribution is 2.33. The summed E-state index contributed by atoms with van der Waals surface area (Å²) in [4.78, 5) is 4.34. The van der Waals surface area contributed by atoms with Gasteiger partial charge in [0.25, 0.3) is 0 Å². The van der Waals surface area contributed by atoms with E-state index in [-0.39, 0.29) is 5.92 Å². The molecule has 0 saturated carbocycles. The van der Waals surface area contributed by atoms with E-state index in [0.717, 1.165) is 22.8 Å². The fourth-order valence-corrected chi connectivity index (χ4v) is 2.31. The van der Waals surface area contributed by atoms with Crippen molar-refractivity contribution in [3.63, 3.8) is 0 Å². The van der Waals surface area contributed by atoms with Crippen LogP contribution in [0.5, 0.6) is 0 Å². The Hall–Kier alpha value is -2.80. The van der Waals surface area contributed by atoms with Gasteiger partial charge in [0.2, 0.25) is 0 Å². The van der Waals surface area contributed by atoms with Gasteiger partial charge in [0, 0.05) is 11.9 Å². The predicted octanol–water partition coefficient (Wildman–Crippen LogP) is 3.20. The molecule has 2 aromatic heterocycles. The van der Waals surface area contributed by atoms with Crippen molar-refractivity contribution in [2.45, 2.75) is 12.8 Å². The van der Waals surface area contributed by atoms with Gasteiger partial charge in [-0.05, 0) is 37.3 Å². The van der Waals surface area contributed by atoms with E-state index in [0.29, 0.717) is 5.57 Å². The molecule has 1 N–H and O–H groups in total. The van der Waals surface area contributed by atoms with Gasteiger partial charge in [-0.2, -0.15) is 5.26 Å². The minimum atomic E-state index is -0.173. The smallest absolute Gasteiger partial charge is 0.115 e. The third kappa shape index (κ3) is 2.10. The van der Waals surface area contributed by atoms with Gasteiger partial charge in [0.05, 0.1) is 35.2 Å². The molecule has 0 spiro atoms. The van der Waals surface area contributed by atoms with E-state index in [9.17, 15) is 5.26 Å². The number of allylic oxidation sites excluding steroid dienone is 3. The van der Waals surface area contributed by atoms with Crippen LogP contribution >= 0.6 is 0 Å². The molecule has 4 heteroatoms. The zero-order valence-corrected chi connectivity index (χ0v) is 11.0. The molecule has 20 heavy (non-hydrogen) atoms. The summed E-state index contributed by atoms with van der Waals surface area (Å²) in [5, 5.41) is 12.6. The number of furan rings is 1. The van der Waals surface area contributed by atoms with Crippen molar-refractivity contribution in [3.8, 4) is 6.07 Å². The Morgan fingerprint density at radius 2 is 2.20 bits per heavy atom. The van der Waals surface area contributed by atoms with Crippen LogP contribution in [-0.4, -0.2) is 4.98 Å². The molecule has 0 saturated heterocycles. The number of nitrogens with one attached hydrogen (secondary N) is 1. The average molecular weight is 263 g/mol. The van der Waals surface area contributed by atoms with E-state index >= 15 is 0 Å². The van der Waals surface area contributed by atoms with E-state index in [1.807, 2.05) is 43.3 Å². The summed E-state index contributed by atoms with van der Waals surface area (Å²) in [6.45, 7) is 1.89. The lowest BCUT2D eigenvalue weighted by molar-refractivity contribution is 0.504. The minimum absolute atomic E-state index is 0.173. The lowest BCUT2D eigenvalue weighted by atomic mass is 9.91. The molecule has 3 rings (SSSR count). The van der Waals surface area contributed by atoms with Crippen molar-refractivity contribution in [1.82, 2.24) is 10.3 Å². The van der Waals surface area contributed by atoms with Crippen LogP contribution in [0.3, 0.4) is 0 Å². The van der Waals surface area contributed by atoms with E-state index in [2.05, 4.69) is 16.4 Å². The molecule has 2 aromatic rings. The molecule has 0 amide bonds. The number of hydrogen-bond donors (Lipinski definition) is 1. The maximum absolute atomic E-state index is 9.35. The maximum atomic E-state index is 9.35. The summed E-state index contributed by atoms with van der Waals surface area (Å²) in [5.41, 5.74) is 3.24. The maximum Gasteiger partial charge on any atom is 0.115 e. The number of aromatic nitrogens is 1. The molecule has 98 valence electrons. The van der Waals surface area contributed by atoms with E-state index in [1.54, 1.807) is 12.5 Å². The zero-order valence-electron chi connectivity index (χ0n) is 11.0. The van der Waals surface area contributed by atoms with Crippen LogP contribution in [0.1, 0.15) is 24.3 Å². The van der Waals surface area contributed by atoms with Crippen LogP contribution in [-0.2, 0) is 0 Å². The second-order valence-electron chi connectivity index (χ2n) is 4.56. The van der Waals surface area contributed by atoms with Crippen LogP contribution in [0.15, 0.2) is 64.6 Å². The van der Waals surface area contributed by atoms with Crippen LogP contribution in [0.2, 0.25) is 0 Å². The molecule has 0 fully saturated rings. The van der Waals surface area contributed by atoms with Gasteiger partial charge in [-0.25, -0.2) is 0 Å². The molecule has 1 atom stereocenters. The Labute approximate surface area is 117 Å². The zero-order chi connectivity index (χ0) is 13.9. The largest absolute Gasteiger partial charge is 0.468 e. The molecule has 0 bridgehead atoms. The predicted molar refractivity (Wildman–Crippen MR) is 75.1 cm³/mol. The molecular formula is C16H13N3O. The number of nitrogens with zero attached hydrogens (tertiary/aromatic N) is 2. The molecule has 0 aliphatic carbocycles. The van der Waals surface area contributed by atoms with Crippen molar-refractivity contribution in [1.29, 1.82) is 5.26 Å². The first-order chi connectivity index (χ1) is 9.79. The lowest BCUT2D eigenvalue weighted by Crippen LogP contribution is -2.20. The third-order valence-electron chi connectivity index (χ3n) is 3.28. The molecule has 0 aromatic carbocycles. The lowest BCUT2D eigenvalue weighted by Gasteiger charge is -2.22. The van der Waals surface area contributed by atoms with Gasteiger partial charge in [-0.1, -0.05) is 6.07 Å². The molecule has 0 radical (unpaired) electrons. The molecule has 1 aliphatic rings. The second-order valence-corrected chi connectivity index (χ2v) is 4.56. The Kier molecular flexibility index (Phi) is 3.10. The normalized spacial score (nSPS) is 18.2. The highest BCUT2D eigenvalue weighted by Gasteiger charge is 2.25. The van der Waals surface area contributed by atoms with Gasteiger partial charge in [0.15, 0.2) is 0 Å². The van der Waals surface area contributed by atoms with Crippen LogP contribution in [0.4, 0.5) is 0 Å². The van der Waals surface area contributed by atoms with Gasteiger partial charge >= 0.3 is 0 Å². The molecule has 3 heterocycles. The Morgan fingerprint density at radius 1 is 1.30 bits per heavy atom. The van der Waals surface area contributed by atoms with E-state index < -0.39 is 0 Å². The topological polar surface area (TPSA) is 61.9 Å². The summed E-state index contributed by atoms with van der Waals surface area (Å²) in [5.74, 6) is 0.587. The highest BCUT2D eigenvalue weighted by molar-refractivity contribution is 5.68. The second kappa shape index (κ2) is 5.06. The molecule has 4 nitrogen and oxygen atoms in total. The van der Waals surface area contributed by atoms with Gasteiger partial charge < -0.3 is 9.73 Å². The van der Waals surface area contributed by atoms with Crippen molar-refractivity contribution >= 4 is 5.70 Å². The Bertz CT molecular complexity index is 706. The summed E-state index contributed by atoms with van der Waals surface area (Å²) >= 11 is 0. The summed E-state index contributed by atoms with van der Waals surface area (Å²) < 4.78 is 5.46. The number of pyridine rings is 1. The third-order valence-corrected chi connectivity index (χ3v) is 3.28. The van der Waals surface area contributed by atoms with E-state index in [1.165, 1.54) is 0 Å². The SMILES string of the molecule is CC1=C(C#N)C(c2ccco2)C=C(c2ccccn2)N1. The summed E-state index contributed by atoms with van der Waals surface area (Å²) in [6, 6.07) is 11.7. The van der Waals surface area contributed by atoms with Gasteiger partial charge in [-0.15, -0.1) is 0 Å². The fraction of sp³-hybridized carbons (Fsp3) is 0.125. The number of dihydropyridines is 1. The first kappa shape index (κ1) is 12.2. The summed E-state index contributed by atoms with van der Waals surface area (Å²) in [6.07, 6.45) is 5.35. The monoisotopic (exact) mass is 263 g/mol. The molecule has 1 aliphatic heterocycles. The standard InChI is InChI=1S/C16H13N3O/c1-11-13(10-17)12(16-6-4-8-20-16)9-15(19-11)14-5-2-3-7-18-14/h2-9,12,19H,1H3. The first-order valence-corrected chi connectivity index (χ1v) is 6.34. The summed E-state index contributed by atoms with van der Waals surface area (Å²) in [7, 11) is 0. The van der Waals surface area contributed by atoms with Crippen LogP contribution < -0.4 is 5.32 Å².